The fourth-order valence-electron chi connectivity index (χ4n) is 1.42. The molecule has 0 spiro atoms. The maximum Gasteiger partial charge on any atom is 0.434 e. The highest BCUT2D eigenvalue weighted by Crippen LogP contribution is 2.37. The first-order chi connectivity index (χ1) is 8.30. The maximum absolute atomic E-state index is 12.7. The molecule has 0 saturated carbocycles. The highest BCUT2D eigenvalue weighted by molar-refractivity contribution is 9.10. The first kappa shape index (κ1) is 13.4. The fraction of sp³-hybridized carbons (Fsp3) is 0.200. The average molecular weight is 341 g/mol. The van der Waals surface area contributed by atoms with Crippen molar-refractivity contribution in [2.45, 2.75) is 6.18 Å². The van der Waals surface area contributed by atoms with Crippen molar-refractivity contribution < 1.29 is 13.2 Å². The van der Waals surface area contributed by atoms with Crippen LogP contribution in [0.25, 0.3) is 11.5 Å². The van der Waals surface area contributed by atoms with Gasteiger partial charge in [0.2, 0.25) is 0 Å². The van der Waals surface area contributed by atoms with Crippen LogP contribution in [0.2, 0.25) is 5.02 Å². The van der Waals surface area contributed by atoms with Gasteiger partial charge in [-0.2, -0.15) is 13.2 Å². The Morgan fingerprint density at radius 3 is 2.56 bits per heavy atom. The van der Waals surface area contributed by atoms with Gasteiger partial charge in [-0.05, 0) is 22.0 Å². The van der Waals surface area contributed by atoms with E-state index in [1.807, 2.05) is 0 Å². The molecular weight excluding hydrogens is 334 g/mol. The first-order valence-electron chi connectivity index (χ1n) is 4.71. The summed E-state index contributed by atoms with van der Waals surface area (Å²) >= 11 is 8.71. The Balaban J connectivity index is 2.66. The van der Waals surface area contributed by atoms with Crippen LogP contribution in [-0.2, 0) is 13.2 Å². The lowest BCUT2D eigenvalue weighted by Crippen LogP contribution is -2.10. The summed E-state index contributed by atoms with van der Waals surface area (Å²) in [7, 11) is 1.65. The molecular formula is C10H6BrClF3N3. The van der Waals surface area contributed by atoms with E-state index in [9.17, 15) is 13.2 Å². The van der Waals surface area contributed by atoms with Crippen LogP contribution in [0.5, 0.6) is 0 Å². The molecule has 2 aromatic heterocycles. The van der Waals surface area contributed by atoms with Crippen LogP contribution >= 0.6 is 27.5 Å². The molecule has 0 bridgehead atoms. The number of halogens is 5. The predicted octanol–water partition coefficient (Wildman–Crippen LogP) is 3.92. The minimum atomic E-state index is -4.55. The number of aromatic nitrogens is 3. The summed E-state index contributed by atoms with van der Waals surface area (Å²) in [4.78, 5) is 7.49. The summed E-state index contributed by atoms with van der Waals surface area (Å²) in [6.45, 7) is 0. The van der Waals surface area contributed by atoms with Crippen molar-refractivity contribution in [1.82, 2.24) is 14.5 Å². The lowest BCUT2D eigenvalue weighted by molar-refractivity contribution is -0.141. The van der Waals surface area contributed by atoms with E-state index in [0.717, 1.165) is 0 Å². The SMILES string of the molecule is Cn1ccnc1-c1nc(C(F)(F)F)c(Br)cc1Cl. The van der Waals surface area contributed by atoms with Crippen LogP contribution < -0.4 is 0 Å². The van der Waals surface area contributed by atoms with E-state index in [4.69, 9.17) is 11.6 Å². The Morgan fingerprint density at radius 1 is 1.39 bits per heavy atom. The van der Waals surface area contributed by atoms with Gasteiger partial charge in [0.15, 0.2) is 11.5 Å². The monoisotopic (exact) mass is 339 g/mol. The molecule has 8 heteroatoms. The largest absolute Gasteiger partial charge is 0.434 e. The first-order valence-corrected chi connectivity index (χ1v) is 5.88. The summed E-state index contributed by atoms with van der Waals surface area (Å²) in [6, 6.07) is 1.17. The van der Waals surface area contributed by atoms with Crippen molar-refractivity contribution in [2.75, 3.05) is 0 Å². The van der Waals surface area contributed by atoms with Gasteiger partial charge in [0.05, 0.1) is 5.02 Å². The van der Waals surface area contributed by atoms with Gasteiger partial charge in [0.25, 0.3) is 0 Å². The third kappa shape index (κ3) is 2.37. The van der Waals surface area contributed by atoms with Gasteiger partial charge in [0, 0.05) is 23.9 Å². The molecule has 18 heavy (non-hydrogen) atoms. The highest BCUT2D eigenvalue weighted by Gasteiger charge is 2.36. The zero-order valence-electron chi connectivity index (χ0n) is 8.96. The second kappa shape index (κ2) is 4.55. The van der Waals surface area contributed by atoms with Crippen LogP contribution in [0.4, 0.5) is 13.2 Å². The highest BCUT2D eigenvalue weighted by atomic mass is 79.9. The summed E-state index contributed by atoms with van der Waals surface area (Å²) < 4.78 is 39.6. The Hall–Kier alpha value is -1.08. The number of alkyl halides is 3. The zero-order valence-corrected chi connectivity index (χ0v) is 11.3. The van der Waals surface area contributed by atoms with E-state index in [2.05, 4.69) is 25.9 Å². The van der Waals surface area contributed by atoms with Crippen LogP contribution in [-0.4, -0.2) is 14.5 Å². The van der Waals surface area contributed by atoms with E-state index in [-0.39, 0.29) is 21.0 Å². The van der Waals surface area contributed by atoms with Crippen molar-refractivity contribution in [1.29, 1.82) is 0 Å². The smallest absolute Gasteiger partial charge is 0.333 e. The lowest BCUT2D eigenvalue weighted by Gasteiger charge is -2.11. The van der Waals surface area contributed by atoms with E-state index in [1.165, 1.54) is 12.3 Å². The number of hydrogen-bond acceptors (Lipinski definition) is 2. The van der Waals surface area contributed by atoms with Gasteiger partial charge < -0.3 is 4.57 Å². The van der Waals surface area contributed by atoms with Crippen LogP contribution in [0, 0.1) is 0 Å². The quantitative estimate of drug-likeness (QED) is 0.788. The zero-order chi connectivity index (χ0) is 13.5. The topological polar surface area (TPSA) is 30.7 Å². The number of rotatable bonds is 1. The number of hydrogen-bond donors (Lipinski definition) is 0. The van der Waals surface area contributed by atoms with E-state index < -0.39 is 11.9 Å². The molecule has 0 aromatic carbocycles. The molecule has 0 radical (unpaired) electrons. The van der Waals surface area contributed by atoms with Gasteiger partial charge in [-0.3, -0.25) is 0 Å². The number of nitrogens with zero attached hydrogens (tertiary/aromatic N) is 3. The van der Waals surface area contributed by atoms with E-state index >= 15 is 0 Å². The Kier molecular flexibility index (Phi) is 3.37. The number of pyridine rings is 1. The molecule has 0 atom stereocenters. The molecule has 0 fully saturated rings. The molecule has 0 unspecified atom stereocenters. The van der Waals surface area contributed by atoms with Gasteiger partial charge in [-0.1, -0.05) is 11.6 Å². The maximum atomic E-state index is 12.7. The third-order valence-corrected chi connectivity index (χ3v) is 3.12. The fourth-order valence-corrected chi connectivity index (χ4v) is 2.33. The van der Waals surface area contributed by atoms with Crippen molar-refractivity contribution >= 4 is 27.5 Å². The Bertz CT molecular complexity index is 595. The van der Waals surface area contributed by atoms with E-state index in [1.54, 1.807) is 17.8 Å². The van der Waals surface area contributed by atoms with Crippen molar-refractivity contribution in [3.63, 3.8) is 0 Å². The molecule has 0 saturated heterocycles. The van der Waals surface area contributed by atoms with Crippen LogP contribution in [0.1, 0.15) is 5.69 Å². The molecule has 0 N–H and O–H groups in total. The van der Waals surface area contributed by atoms with Gasteiger partial charge in [-0.15, -0.1) is 0 Å². The van der Waals surface area contributed by atoms with Crippen molar-refractivity contribution in [2.24, 2.45) is 7.05 Å². The molecule has 0 aliphatic heterocycles. The molecule has 2 aromatic rings. The minimum Gasteiger partial charge on any atom is -0.333 e. The molecule has 0 aliphatic carbocycles. The minimum absolute atomic E-state index is 0.000285. The van der Waals surface area contributed by atoms with Gasteiger partial charge >= 0.3 is 6.18 Å². The molecule has 0 amide bonds. The summed E-state index contributed by atoms with van der Waals surface area (Å²) in [5, 5.41) is 0.101. The van der Waals surface area contributed by atoms with Gasteiger partial charge in [-0.25, -0.2) is 9.97 Å². The van der Waals surface area contributed by atoms with Crippen LogP contribution in [0.3, 0.4) is 0 Å². The average Bonchev–Trinajstić information content (AvgIpc) is 2.62. The second-order valence-electron chi connectivity index (χ2n) is 3.51. The Morgan fingerprint density at radius 2 is 2.06 bits per heavy atom. The summed E-state index contributed by atoms with van der Waals surface area (Å²) in [5.74, 6) is 0.276. The number of aryl methyl sites for hydroxylation is 1. The second-order valence-corrected chi connectivity index (χ2v) is 4.77. The number of imidazole rings is 1. The third-order valence-electron chi connectivity index (χ3n) is 2.23. The predicted molar refractivity (Wildman–Crippen MR) is 64.2 cm³/mol. The molecule has 0 aliphatic rings. The van der Waals surface area contributed by atoms with Gasteiger partial charge in [0.1, 0.15) is 5.69 Å². The summed E-state index contributed by atoms with van der Waals surface area (Å²) in [6.07, 6.45) is -1.49. The standard InChI is InChI=1S/C10H6BrClF3N3/c1-18-3-2-16-9(18)7-6(12)4-5(11)8(17-7)10(13,14)15/h2-4H,1H3. The van der Waals surface area contributed by atoms with E-state index in [0.29, 0.717) is 0 Å². The van der Waals surface area contributed by atoms with Crippen molar-refractivity contribution in [3.8, 4) is 11.5 Å². The molecule has 96 valence electrons. The van der Waals surface area contributed by atoms with Crippen molar-refractivity contribution in [3.05, 3.63) is 33.6 Å². The molecule has 2 rings (SSSR count). The lowest BCUT2D eigenvalue weighted by atomic mass is 10.3. The molecule has 2 heterocycles. The normalized spacial score (nSPS) is 11.9. The molecule has 3 nitrogen and oxygen atoms in total. The van der Waals surface area contributed by atoms with Crippen LogP contribution in [0.15, 0.2) is 22.9 Å². The summed E-state index contributed by atoms with van der Waals surface area (Å²) in [5.41, 5.74) is -1.02. The Labute approximate surface area is 114 Å².